The standard InChI is InChI=1S/C28H32F6N4O2/c1-3-40-22-10-7-19(8-11-22)14-25-35-23-15-20(26(39)37(17-27(29,30)31)18-28(32,33)34)9-12-24(23)38(25)16-21-6-4-5-13-36(21)2/h7-12,15,21H,3-6,13-14,16-18H2,1-2H3/t21-/m1/s1. The summed E-state index contributed by atoms with van der Waals surface area (Å²) in [6, 6.07) is 11.9. The third-order valence-electron chi connectivity index (χ3n) is 7.01. The number of alkyl halides is 6. The summed E-state index contributed by atoms with van der Waals surface area (Å²) in [4.78, 5) is 19.6. The molecule has 6 nitrogen and oxygen atoms in total. The van der Waals surface area contributed by atoms with Crippen molar-refractivity contribution in [3.63, 3.8) is 0 Å². The molecule has 0 unspecified atom stereocenters. The largest absolute Gasteiger partial charge is 0.494 e. The molecule has 1 aromatic heterocycles. The van der Waals surface area contributed by atoms with Crippen LogP contribution in [0.5, 0.6) is 5.75 Å². The number of rotatable bonds is 9. The molecule has 0 spiro atoms. The highest BCUT2D eigenvalue weighted by Gasteiger charge is 2.40. The lowest BCUT2D eigenvalue weighted by atomic mass is 10.0. The van der Waals surface area contributed by atoms with Crippen LogP contribution in [0.2, 0.25) is 0 Å². The molecule has 1 aliphatic heterocycles. The monoisotopic (exact) mass is 570 g/mol. The van der Waals surface area contributed by atoms with E-state index in [4.69, 9.17) is 9.72 Å². The highest BCUT2D eigenvalue weighted by atomic mass is 19.4. The van der Waals surface area contributed by atoms with Crippen molar-refractivity contribution in [3.05, 3.63) is 59.4 Å². The number of hydrogen-bond acceptors (Lipinski definition) is 4. The lowest BCUT2D eigenvalue weighted by Gasteiger charge is -2.33. The number of ether oxygens (including phenoxy) is 1. The van der Waals surface area contributed by atoms with Gasteiger partial charge in [-0.15, -0.1) is 0 Å². The minimum atomic E-state index is -4.98. The molecule has 0 bridgehead atoms. The van der Waals surface area contributed by atoms with Crippen LogP contribution in [0.1, 0.15) is 47.9 Å². The Kier molecular flexibility index (Phi) is 8.96. The lowest BCUT2D eigenvalue weighted by molar-refractivity contribution is -0.171. The Morgan fingerprint density at radius 2 is 1.70 bits per heavy atom. The number of halogens is 6. The van der Waals surface area contributed by atoms with Crippen molar-refractivity contribution in [1.29, 1.82) is 0 Å². The molecule has 2 heterocycles. The zero-order valence-electron chi connectivity index (χ0n) is 22.4. The van der Waals surface area contributed by atoms with E-state index in [2.05, 4.69) is 11.9 Å². The second-order valence-corrected chi connectivity index (χ2v) is 10.1. The smallest absolute Gasteiger partial charge is 0.406 e. The normalized spacial score (nSPS) is 16.9. The number of hydrogen-bond donors (Lipinski definition) is 0. The number of benzene rings is 2. The highest BCUT2D eigenvalue weighted by molar-refractivity contribution is 5.97. The summed E-state index contributed by atoms with van der Waals surface area (Å²) in [6.45, 7) is -0.0134. The van der Waals surface area contributed by atoms with Crippen molar-refractivity contribution in [2.75, 3.05) is 33.3 Å². The molecule has 1 atom stereocenters. The van der Waals surface area contributed by atoms with Crippen molar-refractivity contribution in [1.82, 2.24) is 19.4 Å². The van der Waals surface area contributed by atoms with Crippen molar-refractivity contribution >= 4 is 16.9 Å². The fraction of sp³-hybridized carbons (Fsp3) is 0.500. The fourth-order valence-electron chi connectivity index (χ4n) is 5.10. The zero-order chi connectivity index (χ0) is 29.1. The van der Waals surface area contributed by atoms with E-state index in [1.54, 1.807) is 6.07 Å². The maximum atomic E-state index is 13.0. The van der Waals surface area contributed by atoms with Gasteiger partial charge in [-0.05, 0) is 69.3 Å². The summed E-state index contributed by atoms with van der Waals surface area (Å²) in [5, 5.41) is 0. The van der Waals surface area contributed by atoms with Gasteiger partial charge in [0.25, 0.3) is 5.91 Å². The quantitative estimate of drug-likeness (QED) is 0.293. The van der Waals surface area contributed by atoms with Gasteiger partial charge in [-0.2, -0.15) is 26.3 Å². The van der Waals surface area contributed by atoms with Crippen molar-refractivity contribution in [2.45, 2.75) is 57.5 Å². The maximum absolute atomic E-state index is 13.0. The van der Waals surface area contributed by atoms with Crippen molar-refractivity contribution in [2.24, 2.45) is 0 Å². The number of nitrogens with zero attached hydrogens (tertiary/aromatic N) is 4. The number of likely N-dealkylation sites (N-methyl/N-ethyl adjacent to an activating group) is 1. The molecule has 4 rings (SSSR count). The molecule has 0 radical (unpaired) electrons. The summed E-state index contributed by atoms with van der Waals surface area (Å²) < 4.78 is 85.6. The number of likely N-dealkylation sites (tertiary alicyclic amines) is 1. The van der Waals surface area contributed by atoms with E-state index in [1.165, 1.54) is 12.1 Å². The summed E-state index contributed by atoms with van der Waals surface area (Å²) in [7, 11) is 2.06. The third kappa shape index (κ3) is 7.67. The topological polar surface area (TPSA) is 50.6 Å². The zero-order valence-corrected chi connectivity index (χ0v) is 22.4. The van der Waals surface area contributed by atoms with Crippen LogP contribution >= 0.6 is 0 Å². The molecule has 1 amide bonds. The Balaban J connectivity index is 1.70. The van der Waals surface area contributed by atoms with E-state index in [0.717, 1.165) is 37.1 Å². The minimum Gasteiger partial charge on any atom is -0.494 e. The van der Waals surface area contributed by atoms with E-state index in [9.17, 15) is 31.1 Å². The summed E-state index contributed by atoms with van der Waals surface area (Å²) in [5.41, 5.74) is 1.67. The molecule has 40 heavy (non-hydrogen) atoms. The molecule has 12 heteroatoms. The van der Waals surface area contributed by atoms with Crippen molar-refractivity contribution in [3.8, 4) is 5.75 Å². The molecule has 3 aromatic rings. The van der Waals surface area contributed by atoms with Gasteiger partial charge < -0.3 is 19.1 Å². The molecule has 0 N–H and O–H groups in total. The average molecular weight is 571 g/mol. The van der Waals surface area contributed by atoms with Gasteiger partial charge in [0.1, 0.15) is 24.7 Å². The maximum Gasteiger partial charge on any atom is 0.406 e. The molecule has 0 aliphatic carbocycles. The van der Waals surface area contributed by atoms with Gasteiger partial charge in [-0.25, -0.2) is 4.98 Å². The van der Waals surface area contributed by atoms with E-state index in [0.29, 0.717) is 36.4 Å². The Morgan fingerprint density at radius 3 is 2.30 bits per heavy atom. The molecule has 1 aliphatic rings. The Hall–Kier alpha value is -3.28. The Labute approximate surface area is 228 Å². The molecule has 0 saturated carbocycles. The first-order valence-corrected chi connectivity index (χ1v) is 13.2. The van der Waals surface area contributed by atoms with Crippen LogP contribution in [0.15, 0.2) is 42.5 Å². The van der Waals surface area contributed by atoms with E-state index < -0.39 is 31.3 Å². The Morgan fingerprint density at radius 1 is 1.02 bits per heavy atom. The first-order chi connectivity index (χ1) is 18.8. The number of imidazole rings is 1. The van der Waals surface area contributed by atoms with Gasteiger partial charge in [0.15, 0.2) is 0 Å². The summed E-state index contributed by atoms with van der Waals surface area (Å²) in [6.07, 6.45) is -6.35. The van der Waals surface area contributed by atoms with Gasteiger partial charge in [-0.3, -0.25) is 4.79 Å². The first-order valence-electron chi connectivity index (χ1n) is 13.2. The highest BCUT2D eigenvalue weighted by Crippen LogP contribution is 2.27. The molecular formula is C28H32F6N4O2. The van der Waals surface area contributed by atoms with Gasteiger partial charge in [0.05, 0.1) is 17.6 Å². The van der Waals surface area contributed by atoms with E-state index >= 15 is 0 Å². The number of carbonyl (C=O) groups excluding carboxylic acids is 1. The van der Waals surface area contributed by atoms with Gasteiger partial charge in [0.2, 0.25) is 0 Å². The number of amides is 1. The number of fused-ring (bicyclic) bond motifs is 1. The molecular weight excluding hydrogens is 538 g/mol. The van der Waals surface area contributed by atoms with E-state index in [1.807, 2.05) is 35.8 Å². The van der Waals surface area contributed by atoms with Crippen LogP contribution in [0.4, 0.5) is 26.3 Å². The predicted molar refractivity (Wildman–Crippen MR) is 138 cm³/mol. The lowest BCUT2D eigenvalue weighted by Crippen LogP contribution is -2.44. The van der Waals surface area contributed by atoms with Crippen LogP contribution in [0, 0.1) is 0 Å². The second-order valence-electron chi connectivity index (χ2n) is 10.1. The van der Waals surface area contributed by atoms with E-state index in [-0.39, 0.29) is 16.5 Å². The van der Waals surface area contributed by atoms with Crippen LogP contribution in [-0.4, -0.2) is 76.9 Å². The summed E-state index contributed by atoms with van der Waals surface area (Å²) >= 11 is 0. The molecule has 2 aromatic carbocycles. The summed E-state index contributed by atoms with van der Waals surface area (Å²) in [5.74, 6) is 0.0605. The fourth-order valence-corrected chi connectivity index (χ4v) is 5.10. The third-order valence-corrected chi connectivity index (χ3v) is 7.01. The molecule has 1 saturated heterocycles. The molecule has 218 valence electrons. The Bertz CT molecular complexity index is 1290. The number of aromatic nitrogens is 2. The SMILES string of the molecule is CCOc1ccc(Cc2nc3cc(C(=O)N(CC(F)(F)F)CC(F)(F)F)ccc3n2C[C@H]2CCCCN2C)cc1. The average Bonchev–Trinajstić information content (AvgIpc) is 3.20. The van der Waals surface area contributed by atoms with Gasteiger partial charge >= 0.3 is 12.4 Å². The van der Waals surface area contributed by atoms with Crippen LogP contribution in [-0.2, 0) is 13.0 Å². The van der Waals surface area contributed by atoms with Crippen LogP contribution < -0.4 is 4.74 Å². The van der Waals surface area contributed by atoms with Gasteiger partial charge in [0, 0.05) is 24.6 Å². The molecule has 1 fully saturated rings. The van der Waals surface area contributed by atoms with Crippen LogP contribution in [0.3, 0.4) is 0 Å². The van der Waals surface area contributed by atoms with Gasteiger partial charge in [-0.1, -0.05) is 18.6 Å². The van der Waals surface area contributed by atoms with Crippen LogP contribution in [0.25, 0.3) is 11.0 Å². The van der Waals surface area contributed by atoms with Crippen molar-refractivity contribution < 1.29 is 35.9 Å². The number of piperidine rings is 1. The first kappa shape index (κ1) is 29.7. The second kappa shape index (κ2) is 12.1. The number of carbonyl (C=O) groups is 1. The minimum absolute atomic E-state index is 0.226. The predicted octanol–water partition coefficient (Wildman–Crippen LogP) is 6.08.